The quantitative estimate of drug-likeness (QED) is 0.436. The third kappa shape index (κ3) is 5.79. The average molecular weight is 464 g/mol. The normalized spacial score (nSPS) is 11.3. The van der Waals surface area contributed by atoms with Crippen LogP contribution in [0.2, 0.25) is 0 Å². The number of para-hydroxylation sites is 1. The third-order valence-electron chi connectivity index (χ3n) is 4.15. The van der Waals surface area contributed by atoms with E-state index in [4.69, 9.17) is 5.14 Å². The van der Waals surface area contributed by atoms with Gasteiger partial charge in [-0.2, -0.15) is 0 Å². The van der Waals surface area contributed by atoms with E-state index in [1.807, 2.05) is 19.1 Å². The highest BCUT2D eigenvalue weighted by Gasteiger charge is 2.12. The lowest BCUT2D eigenvalue weighted by atomic mass is 10.1. The maximum absolute atomic E-state index is 12.2. The Hall–Kier alpha value is -2.47. The van der Waals surface area contributed by atoms with Gasteiger partial charge in [-0.3, -0.25) is 4.79 Å². The molecule has 0 aliphatic heterocycles. The van der Waals surface area contributed by atoms with E-state index >= 15 is 0 Å². The second-order valence-corrected chi connectivity index (χ2v) is 10.1. The van der Waals surface area contributed by atoms with Crippen molar-refractivity contribution >= 4 is 55.5 Å². The standard InChI is InChI=1S/C19H21N5O3S3/c1-3-13-7-4-6-12(2)17(13)22-18-23-24-19(29-18)28-11-16(25)21-14-8-5-9-15(10-14)30(20,26)27/h4-10H,3,11H2,1-2H3,(H,21,25)(H,22,23)(H2,20,26,27). The number of nitrogens with zero attached hydrogens (tertiary/aromatic N) is 2. The third-order valence-corrected chi connectivity index (χ3v) is 7.03. The maximum Gasteiger partial charge on any atom is 0.238 e. The van der Waals surface area contributed by atoms with Crippen molar-refractivity contribution in [3.8, 4) is 0 Å². The number of nitrogens with two attached hydrogens (primary N) is 1. The number of amides is 1. The van der Waals surface area contributed by atoms with Crippen molar-refractivity contribution in [3.05, 3.63) is 53.6 Å². The number of thioether (sulfide) groups is 1. The van der Waals surface area contributed by atoms with Gasteiger partial charge in [-0.05, 0) is 42.7 Å². The number of anilines is 3. The molecule has 0 atom stereocenters. The Labute approximate surface area is 183 Å². The first-order valence-electron chi connectivity index (χ1n) is 9.01. The molecule has 0 saturated heterocycles. The number of rotatable bonds is 8. The number of nitrogens with one attached hydrogen (secondary N) is 2. The van der Waals surface area contributed by atoms with Gasteiger partial charge >= 0.3 is 0 Å². The highest BCUT2D eigenvalue weighted by molar-refractivity contribution is 8.01. The predicted octanol–water partition coefficient (Wildman–Crippen LogP) is 3.53. The van der Waals surface area contributed by atoms with Crippen LogP contribution >= 0.6 is 23.1 Å². The topological polar surface area (TPSA) is 127 Å². The van der Waals surface area contributed by atoms with Crippen LogP contribution in [-0.4, -0.2) is 30.3 Å². The van der Waals surface area contributed by atoms with Crippen LogP contribution in [0.15, 0.2) is 51.7 Å². The van der Waals surface area contributed by atoms with Crippen LogP contribution in [-0.2, 0) is 21.2 Å². The van der Waals surface area contributed by atoms with Gasteiger partial charge in [0.2, 0.25) is 21.1 Å². The first-order chi connectivity index (χ1) is 14.3. The minimum Gasteiger partial charge on any atom is -0.330 e. The van der Waals surface area contributed by atoms with Crippen molar-refractivity contribution in [2.24, 2.45) is 5.14 Å². The molecule has 0 saturated carbocycles. The zero-order chi connectivity index (χ0) is 21.7. The Kier molecular flexibility index (Phi) is 7.08. The van der Waals surface area contributed by atoms with Gasteiger partial charge in [0.25, 0.3) is 0 Å². The van der Waals surface area contributed by atoms with Gasteiger partial charge in [0, 0.05) is 11.4 Å². The number of aryl methyl sites for hydroxylation is 2. The van der Waals surface area contributed by atoms with Gasteiger partial charge in [0.05, 0.1) is 10.6 Å². The summed E-state index contributed by atoms with van der Waals surface area (Å²) in [6.45, 7) is 4.13. The molecule has 30 heavy (non-hydrogen) atoms. The van der Waals surface area contributed by atoms with Crippen LogP contribution < -0.4 is 15.8 Å². The molecule has 0 bridgehead atoms. The predicted molar refractivity (Wildman–Crippen MR) is 121 cm³/mol. The Morgan fingerprint density at radius 1 is 1.20 bits per heavy atom. The SMILES string of the molecule is CCc1cccc(C)c1Nc1nnc(SCC(=O)Nc2cccc(S(N)(=O)=O)c2)s1. The Morgan fingerprint density at radius 2 is 1.97 bits per heavy atom. The van der Waals surface area contributed by atoms with Gasteiger partial charge in [0.15, 0.2) is 4.34 Å². The van der Waals surface area contributed by atoms with E-state index in [1.54, 1.807) is 6.07 Å². The molecule has 2 aromatic carbocycles. The van der Waals surface area contributed by atoms with Crippen molar-refractivity contribution in [1.82, 2.24) is 10.2 Å². The number of carbonyl (C=O) groups excluding carboxylic acids is 1. The fourth-order valence-corrected chi connectivity index (χ4v) is 4.82. The van der Waals surface area contributed by atoms with Gasteiger partial charge in [-0.25, -0.2) is 13.6 Å². The summed E-state index contributed by atoms with van der Waals surface area (Å²) in [6.07, 6.45) is 0.900. The Morgan fingerprint density at radius 3 is 2.70 bits per heavy atom. The number of aromatic nitrogens is 2. The second-order valence-electron chi connectivity index (χ2n) is 6.37. The molecule has 0 fully saturated rings. The lowest BCUT2D eigenvalue weighted by molar-refractivity contribution is -0.113. The lowest BCUT2D eigenvalue weighted by Gasteiger charge is -2.11. The number of primary sulfonamides is 1. The molecule has 11 heteroatoms. The monoisotopic (exact) mass is 463 g/mol. The van der Waals surface area contributed by atoms with Gasteiger partial charge in [-0.1, -0.05) is 54.3 Å². The summed E-state index contributed by atoms with van der Waals surface area (Å²) in [6, 6.07) is 11.9. The van der Waals surface area contributed by atoms with Crippen LogP contribution in [0.4, 0.5) is 16.5 Å². The van der Waals surface area contributed by atoms with E-state index in [0.29, 0.717) is 15.2 Å². The van der Waals surface area contributed by atoms with E-state index in [9.17, 15) is 13.2 Å². The molecule has 1 heterocycles. The maximum atomic E-state index is 12.2. The highest BCUT2D eigenvalue weighted by Crippen LogP contribution is 2.30. The van der Waals surface area contributed by atoms with Crippen molar-refractivity contribution in [3.63, 3.8) is 0 Å². The second kappa shape index (κ2) is 9.56. The van der Waals surface area contributed by atoms with E-state index in [2.05, 4.69) is 33.8 Å². The molecule has 3 aromatic rings. The highest BCUT2D eigenvalue weighted by atomic mass is 32.2. The van der Waals surface area contributed by atoms with Crippen LogP contribution in [0.1, 0.15) is 18.1 Å². The van der Waals surface area contributed by atoms with Crippen LogP contribution in [0.25, 0.3) is 0 Å². The molecule has 0 aliphatic rings. The summed E-state index contributed by atoms with van der Waals surface area (Å²) in [4.78, 5) is 12.1. The Balaban J connectivity index is 1.59. The molecule has 0 radical (unpaired) electrons. The van der Waals surface area contributed by atoms with E-state index < -0.39 is 10.0 Å². The summed E-state index contributed by atoms with van der Waals surface area (Å²) < 4.78 is 23.5. The van der Waals surface area contributed by atoms with Gasteiger partial charge in [0.1, 0.15) is 0 Å². The zero-order valence-electron chi connectivity index (χ0n) is 16.4. The average Bonchev–Trinajstić information content (AvgIpc) is 3.15. The first-order valence-corrected chi connectivity index (χ1v) is 12.4. The number of sulfonamides is 1. The van der Waals surface area contributed by atoms with Crippen molar-refractivity contribution in [2.75, 3.05) is 16.4 Å². The molecular formula is C19H21N5O3S3. The fraction of sp³-hybridized carbons (Fsp3) is 0.211. The Bertz CT molecular complexity index is 1160. The molecule has 1 aromatic heterocycles. The number of hydrogen-bond acceptors (Lipinski definition) is 8. The molecule has 158 valence electrons. The molecule has 8 nitrogen and oxygen atoms in total. The van der Waals surface area contributed by atoms with Crippen molar-refractivity contribution in [2.45, 2.75) is 29.5 Å². The molecule has 0 aliphatic carbocycles. The van der Waals surface area contributed by atoms with E-state index in [-0.39, 0.29) is 16.6 Å². The van der Waals surface area contributed by atoms with Gasteiger partial charge in [-0.15, -0.1) is 10.2 Å². The zero-order valence-corrected chi connectivity index (χ0v) is 18.8. The van der Waals surface area contributed by atoms with Crippen molar-refractivity contribution in [1.29, 1.82) is 0 Å². The minimum absolute atomic E-state index is 0.0598. The molecule has 1 amide bonds. The fourth-order valence-electron chi connectivity index (χ4n) is 2.70. The molecule has 3 rings (SSSR count). The van der Waals surface area contributed by atoms with E-state index in [1.165, 1.54) is 46.9 Å². The summed E-state index contributed by atoms with van der Waals surface area (Å²) in [7, 11) is -3.83. The summed E-state index contributed by atoms with van der Waals surface area (Å²) >= 11 is 2.62. The molecule has 0 spiro atoms. The van der Waals surface area contributed by atoms with Crippen LogP contribution in [0.5, 0.6) is 0 Å². The number of hydrogen-bond donors (Lipinski definition) is 3. The largest absolute Gasteiger partial charge is 0.330 e. The van der Waals surface area contributed by atoms with Crippen LogP contribution in [0, 0.1) is 6.92 Å². The van der Waals surface area contributed by atoms with Crippen molar-refractivity contribution < 1.29 is 13.2 Å². The molecule has 0 unspecified atom stereocenters. The molecular weight excluding hydrogens is 442 g/mol. The molecule has 4 N–H and O–H groups in total. The smallest absolute Gasteiger partial charge is 0.238 e. The summed E-state index contributed by atoms with van der Waals surface area (Å²) in [5.74, 6) is -0.179. The summed E-state index contributed by atoms with van der Waals surface area (Å²) in [5.41, 5.74) is 3.71. The van der Waals surface area contributed by atoms with E-state index in [0.717, 1.165) is 17.7 Å². The minimum atomic E-state index is -3.83. The lowest BCUT2D eigenvalue weighted by Crippen LogP contribution is -2.16. The van der Waals surface area contributed by atoms with Gasteiger partial charge < -0.3 is 10.6 Å². The number of carbonyl (C=O) groups is 1. The number of benzene rings is 2. The summed E-state index contributed by atoms with van der Waals surface area (Å²) in [5, 5.41) is 20.0. The van der Waals surface area contributed by atoms with Crippen LogP contribution in [0.3, 0.4) is 0 Å². The first kappa shape index (κ1) is 22.2.